The van der Waals surface area contributed by atoms with E-state index in [2.05, 4.69) is 36.5 Å². The second-order valence-electron chi connectivity index (χ2n) is 10.1. The van der Waals surface area contributed by atoms with Gasteiger partial charge in [0, 0.05) is 43.0 Å². The summed E-state index contributed by atoms with van der Waals surface area (Å²) >= 11 is 1.90. The van der Waals surface area contributed by atoms with E-state index in [0.29, 0.717) is 70.8 Å². The molecule has 2 fully saturated rings. The maximum Gasteiger partial charge on any atom is 0.315 e. The minimum absolute atomic E-state index is 0.0458. The summed E-state index contributed by atoms with van der Waals surface area (Å²) in [5.41, 5.74) is 0.488. The van der Waals surface area contributed by atoms with Gasteiger partial charge in [-0.3, -0.25) is 4.79 Å². The molecule has 0 radical (unpaired) electrons. The number of hydrogen-bond acceptors (Lipinski definition) is 11. The van der Waals surface area contributed by atoms with Gasteiger partial charge in [-0.25, -0.2) is 9.48 Å². The zero-order chi connectivity index (χ0) is 28.0. The molecule has 4 rings (SSSR count). The monoisotopic (exact) mass is 579 g/mol. The van der Waals surface area contributed by atoms with E-state index in [1.54, 1.807) is 4.68 Å². The third-order valence-electron chi connectivity index (χ3n) is 7.04. The fourth-order valence-corrected chi connectivity index (χ4v) is 6.28. The Morgan fingerprint density at radius 1 is 1.15 bits per heavy atom. The summed E-state index contributed by atoms with van der Waals surface area (Å²) in [6.45, 7) is 3.97. The number of carbonyl (C=O) groups excluding carboxylic acids is 2. The Morgan fingerprint density at radius 2 is 1.93 bits per heavy atom. The number of aryl methyl sites for hydroxylation is 1. The van der Waals surface area contributed by atoms with Gasteiger partial charge < -0.3 is 35.6 Å². The smallest absolute Gasteiger partial charge is 0.315 e. The number of carbonyl (C=O) groups is 2. The number of rotatable bonds is 22. The van der Waals surface area contributed by atoms with Crippen LogP contribution in [0.15, 0.2) is 16.4 Å². The van der Waals surface area contributed by atoms with Crippen molar-refractivity contribution in [1.82, 2.24) is 30.9 Å². The molecule has 3 aliphatic rings. The number of ether oxygens (including phenoxy) is 3. The lowest BCUT2D eigenvalue weighted by atomic mass is 10.0. The molecule has 1 aromatic heterocycles. The molecule has 0 aromatic carbocycles. The lowest BCUT2D eigenvalue weighted by molar-refractivity contribution is -0.121. The molecular weight excluding hydrogens is 538 g/mol. The average Bonchev–Trinajstić information content (AvgIpc) is 3.22. The molecule has 3 atom stereocenters. The van der Waals surface area contributed by atoms with Crippen molar-refractivity contribution in [3.05, 3.63) is 11.9 Å². The molecule has 0 saturated carbocycles. The first-order chi connectivity index (χ1) is 19.6. The molecule has 14 nitrogen and oxygen atoms in total. The summed E-state index contributed by atoms with van der Waals surface area (Å²) in [4.78, 5) is 23.4. The highest BCUT2D eigenvalue weighted by atomic mass is 32.2. The van der Waals surface area contributed by atoms with Crippen LogP contribution in [0.25, 0.3) is 0 Å². The van der Waals surface area contributed by atoms with Gasteiger partial charge in [-0.15, -0.1) is 5.10 Å². The topological polar surface area (TPSA) is 177 Å². The number of hydrogen-bond donors (Lipinski definition) is 4. The molecule has 1 unspecified atom stereocenters. The van der Waals surface area contributed by atoms with Crippen molar-refractivity contribution in [3.8, 4) is 0 Å². The first-order valence-corrected chi connectivity index (χ1v) is 15.1. The van der Waals surface area contributed by atoms with E-state index in [4.69, 9.17) is 19.6 Å². The molecule has 3 amide bonds. The number of nitrogens with one attached hydrogen (secondary N) is 4. The molecule has 222 valence electrons. The number of amides is 3. The zero-order valence-corrected chi connectivity index (χ0v) is 23.7. The SMILES string of the molecule is N=CCC1(CCc2cn(CCOCCOCCOCCNC(=O)CCCCC3SC[C@@H]4NC(=O)N[C@H]34)nn2)N=N1. The van der Waals surface area contributed by atoms with Gasteiger partial charge in [0.15, 0.2) is 5.66 Å². The molecule has 0 aliphatic carbocycles. The fourth-order valence-electron chi connectivity index (χ4n) is 4.73. The van der Waals surface area contributed by atoms with E-state index >= 15 is 0 Å². The van der Waals surface area contributed by atoms with Gasteiger partial charge in [0.1, 0.15) is 0 Å². The summed E-state index contributed by atoms with van der Waals surface area (Å²) < 4.78 is 18.4. The number of urea groups is 1. The highest BCUT2D eigenvalue weighted by Gasteiger charge is 2.42. The highest BCUT2D eigenvalue weighted by molar-refractivity contribution is 8.00. The maximum atomic E-state index is 12.0. The Morgan fingerprint density at radius 3 is 2.70 bits per heavy atom. The highest BCUT2D eigenvalue weighted by Crippen LogP contribution is 2.35. The minimum atomic E-state index is -0.397. The molecule has 2 saturated heterocycles. The van der Waals surface area contributed by atoms with E-state index < -0.39 is 5.66 Å². The Balaban J connectivity index is 0.882. The van der Waals surface area contributed by atoms with E-state index in [1.165, 1.54) is 6.21 Å². The summed E-state index contributed by atoms with van der Waals surface area (Å²) in [7, 11) is 0. The molecule has 3 aliphatic heterocycles. The fraction of sp³-hybridized carbons (Fsp3) is 0.800. The number of nitrogens with zero attached hydrogens (tertiary/aromatic N) is 5. The maximum absolute atomic E-state index is 12.0. The largest absolute Gasteiger partial charge is 0.377 e. The van der Waals surface area contributed by atoms with Crippen LogP contribution in [0.4, 0.5) is 4.79 Å². The van der Waals surface area contributed by atoms with Gasteiger partial charge in [0.05, 0.1) is 64.0 Å². The molecule has 4 N–H and O–H groups in total. The molecule has 4 heterocycles. The van der Waals surface area contributed by atoms with E-state index in [9.17, 15) is 9.59 Å². The van der Waals surface area contributed by atoms with E-state index in [0.717, 1.165) is 43.6 Å². The van der Waals surface area contributed by atoms with Crippen LogP contribution in [-0.4, -0.2) is 108 Å². The number of unbranched alkanes of at least 4 members (excludes halogenated alkanes) is 1. The van der Waals surface area contributed by atoms with Crippen molar-refractivity contribution in [2.24, 2.45) is 10.2 Å². The Kier molecular flexibility index (Phi) is 12.1. The van der Waals surface area contributed by atoms with Gasteiger partial charge in [-0.05, 0) is 25.5 Å². The van der Waals surface area contributed by atoms with Crippen molar-refractivity contribution in [3.63, 3.8) is 0 Å². The summed E-state index contributed by atoms with van der Waals surface area (Å²) in [6.07, 6.45) is 8.62. The van der Waals surface area contributed by atoms with Crippen molar-refractivity contribution >= 4 is 29.9 Å². The van der Waals surface area contributed by atoms with Crippen LogP contribution in [0.1, 0.15) is 44.2 Å². The lowest BCUT2D eigenvalue weighted by Gasteiger charge is -2.16. The summed E-state index contributed by atoms with van der Waals surface area (Å²) in [5.74, 6) is 1.01. The second kappa shape index (κ2) is 16.0. The minimum Gasteiger partial charge on any atom is -0.377 e. The van der Waals surface area contributed by atoms with E-state index in [-0.39, 0.29) is 24.0 Å². The van der Waals surface area contributed by atoms with Gasteiger partial charge in [0.25, 0.3) is 0 Å². The first kappa shape index (κ1) is 30.3. The van der Waals surface area contributed by atoms with Crippen LogP contribution in [0.2, 0.25) is 0 Å². The van der Waals surface area contributed by atoms with Crippen LogP contribution in [0.3, 0.4) is 0 Å². The third-order valence-corrected chi connectivity index (χ3v) is 8.55. The van der Waals surface area contributed by atoms with Gasteiger partial charge >= 0.3 is 6.03 Å². The van der Waals surface area contributed by atoms with Crippen molar-refractivity contribution in [1.29, 1.82) is 5.41 Å². The number of thioether (sulfide) groups is 1. The predicted molar refractivity (Wildman–Crippen MR) is 149 cm³/mol. The molecule has 0 bridgehead atoms. The van der Waals surface area contributed by atoms with E-state index in [1.807, 2.05) is 18.0 Å². The van der Waals surface area contributed by atoms with Crippen LogP contribution < -0.4 is 16.0 Å². The lowest BCUT2D eigenvalue weighted by Crippen LogP contribution is -2.36. The van der Waals surface area contributed by atoms with Crippen molar-refractivity contribution < 1.29 is 23.8 Å². The second-order valence-corrected chi connectivity index (χ2v) is 11.4. The van der Waals surface area contributed by atoms with Crippen LogP contribution >= 0.6 is 11.8 Å². The Labute approximate surface area is 238 Å². The molecule has 15 heteroatoms. The van der Waals surface area contributed by atoms with Crippen LogP contribution in [0.5, 0.6) is 0 Å². The molecular formula is C25H41N9O5S. The normalized spacial score (nSPS) is 22.1. The van der Waals surface area contributed by atoms with Crippen LogP contribution in [-0.2, 0) is 32.0 Å². The predicted octanol–water partition coefficient (Wildman–Crippen LogP) is 1.30. The molecule has 0 spiro atoms. The van der Waals surface area contributed by atoms with Gasteiger partial charge in [-0.1, -0.05) is 11.6 Å². The zero-order valence-electron chi connectivity index (χ0n) is 22.9. The first-order valence-electron chi connectivity index (χ1n) is 14.1. The Bertz CT molecular complexity index is 988. The molecule has 1 aromatic rings. The quantitative estimate of drug-likeness (QED) is 0.0902. The average molecular weight is 580 g/mol. The Hall–Kier alpha value is -2.62. The van der Waals surface area contributed by atoms with Crippen molar-refractivity contribution in [2.75, 3.05) is 51.9 Å². The molecule has 40 heavy (non-hydrogen) atoms. The van der Waals surface area contributed by atoms with Gasteiger partial charge in [-0.2, -0.15) is 22.0 Å². The summed E-state index contributed by atoms with van der Waals surface area (Å²) in [5, 5.41) is 32.9. The van der Waals surface area contributed by atoms with Crippen molar-refractivity contribution in [2.45, 2.75) is 74.5 Å². The summed E-state index contributed by atoms with van der Waals surface area (Å²) in [6, 6.07) is 0.417. The number of aromatic nitrogens is 3. The van der Waals surface area contributed by atoms with Gasteiger partial charge in [0.2, 0.25) is 5.91 Å². The third kappa shape index (κ3) is 10.1. The van der Waals surface area contributed by atoms with Crippen LogP contribution in [0, 0.1) is 5.41 Å². The standard InChI is InChI=1S/C25H41N9O5S/c26-8-7-25(31-32-25)6-5-19-17-34(33-30-19)10-12-38-14-16-39-15-13-37-11-9-27-22(35)4-2-1-3-21-23-20(18-40-21)28-24(36)29-23/h8,17,20-21,23,26H,1-7,9-16,18H2,(H,27,35)(H2,28,29,36)/t20-,21?,23-/m0/s1. The number of fused-ring (bicyclic) bond motifs is 1.